The van der Waals surface area contributed by atoms with E-state index in [0.29, 0.717) is 24.3 Å². The van der Waals surface area contributed by atoms with Crippen molar-refractivity contribution in [2.75, 3.05) is 13.2 Å². The molecule has 0 bridgehead atoms. The van der Waals surface area contributed by atoms with Crippen LogP contribution < -0.4 is 9.47 Å². The smallest absolute Gasteiger partial charge is 0.193 e. The molecule has 2 aromatic carbocycles. The van der Waals surface area contributed by atoms with E-state index in [1.165, 1.54) is 0 Å². The largest absolute Gasteiger partial charge is 0.494 e. The van der Waals surface area contributed by atoms with Crippen molar-refractivity contribution in [3.05, 3.63) is 59.7 Å². The minimum atomic E-state index is -1.64. The fourth-order valence-electron chi connectivity index (χ4n) is 4.71. The van der Waals surface area contributed by atoms with Gasteiger partial charge in [-0.3, -0.25) is 4.79 Å². The number of hydrogen-bond donors (Lipinski definition) is 0. The number of ether oxygens (including phenoxy) is 2. The Labute approximate surface area is 235 Å². The molecule has 0 radical (unpaired) electrons. The van der Waals surface area contributed by atoms with Crippen LogP contribution in [-0.4, -0.2) is 52.3 Å². The van der Waals surface area contributed by atoms with Gasteiger partial charge in [-0.15, -0.1) is 0 Å². The molecule has 0 aromatic heterocycles. The van der Waals surface area contributed by atoms with Crippen LogP contribution in [0.15, 0.2) is 48.5 Å². The molecule has 38 heavy (non-hydrogen) atoms. The first-order valence-electron chi connectivity index (χ1n) is 13.9. The molecule has 212 valence electrons. The third-order valence-electron chi connectivity index (χ3n) is 5.78. The molecule has 0 atom stereocenters. The number of ketones is 1. The number of carbonyl (C=O) groups is 1. The van der Waals surface area contributed by atoms with E-state index in [-0.39, 0.29) is 5.78 Å². The Balaban J connectivity index is 1.78. The van der Waals surface area contributed by atoms with E-state index in [2.05, 4.69) is 65.5 Å². The summed E-state index contributed by atoms with van der Waals surface area (Å²) in [7, 11) is -6.30. The van der Waals surface area contributed by atoms with Gasteiger partial charge in [0.05, 0.1) is 13.2 Å². The zero-order valence-corrected chi connectivity index (χ0v) is 29.4. The highest BCUT2D eigenvalue weighted by atomic mass is 28.4. The van der Waals surface area contributed by atoms with Crippen LogP contribution in [0.5, 0.6) is 11.5 Å². The zero-order chi connectivity index (χ0) is 28.6. The maximum Gasteiger partial charge on any atom is 0.193 e. The monoisotopic (exact) mass is 590 g/mol. The van der Waals surface area contributed by atoms with Crippen LogP contribution in [0.3, 0.4) is 0 Å². The average Bonchev–Trinajstić information content (AvgIpc) is 2.77. The third kappa shape index (κ3) is 13.0. The van der Waals surface area contributed by atoms with Crippen molar-refractivity contribution in [2.24, 2.45) is 0 Å². The number of benzene rings is 2. The highest BCUT2D eigenvalue weighted by molar-refractivity contribution is 6.84. The third-order valence-corrected chi connectivity index (χ3v) is 18.2. The summed E-state index contributed by atoms with van der Waals surface area (Å²) < 4.78 is 24.6. The summed E-state index contributed by atoms with van der Waals surface area (Å²) in [5.74, 6) is 1.57. The molecule has 5 nitrogen and oxygen atoms in total. The number of carbonyl (C=O) groups excluding carboxylic acids is 1. The lowest BCUT2D eigenvalue weighted by atomic mass is 10.0. The van der Waals surface area contributed by atoms with Crippen LogP contribution in [0.1, 0.15) is 28.8 Å². The lowest BCUT2D eigenvalue weighted by Gasteiger charge is -2.31. The van der Waals surface area contributed by atoms with Gasteiger partial charge in [-0.05, 0) is 139 Å². The molecule has 0 fully saturated rings. The van der Waals surface area contributed by atoms with Gasteiger partial charge in [0.15, 0.2) is 39.1 Å². The van der Waals surface area contributed by atoms with Gasteiger partial charge in [-0.1, -0.05) is 0 Å². The lowest BCUT2D eigenvalue weighted by Crippen LogP contribution is -2.42. The van der Waals surface area contributed by atoms with E-state index in [1.54, 1.807) is 0 Å². The summed E-state index contributed by atoms with van der Waals surface area (Å²) >= 11 is 0. The fourth-order valence-corrected chi connectivity index (χ4v) is 20.8. The second kappa shape index (κ2) is 13.7. The van der Waals surface area contributed by atoms with Gasteiger partial charge in [0.2, 0.25) is 0 Å². The Morgan fingerprint density at radius 1 is 0.553 bits per heavy atom. The van der Waals surface area contributed by atoms with Crippen molar-refractivity contribution in [1.29, 1.82) is 0 Å². The molecule has 0 aliphatic rings. The van der Waals surface area contributed by atoms with Crippen molar-refractivity contribution >= 4 is 39.1 Å². The SMILES string of the molecule is C[Si](C)(C)O[Si](C)(C)CCCOc1ccc(C(=O)c2ccc(OCCC[Si](C)(C)O[Si](C)(C)C)cc2)cc1. The molecule has 0 amide bonds. The predicted octanol–water partition coefficient (Wildman–Crippen LogP) is 8.57. The van der Waals surface area contributed by atoms with E-state index < -0.39 is 33.3 Å². The van der Waals surface area contributed by atoms with Gasteiger partial charge in [0.1, 0.15) is 11.5 Å². The normalized spacial score (nSPS) is 12.9. The van der Waals surface area contributed by atoms with E-state index in [4.69, 9.17) is 17.7 Å². The van der Waals surface area contributed by atoms with Crippen LogP contribution in [0.4, 0.5) is 0 Å². The average molecular weight is 591 g/mol. The summed E-state index contributed by atoms with van der Waals surface area (Å²) in [6, 6.07) is 17.0. The van der Waals surface area contributed by atoms with Crippen LogP contribution in [-0.2, 0) is 8.23 Å². The molecule has 2 aromatic rings. The summed E-state index contributed by atoms with van der Waals surface area (Å²) in [6.07, 6.45) is 1.95. The molecule has 0 N–H and O–H groups in total. The van der Waals surface area contributed by atoms with Gasteiger partial charge in [0, 0.05) is 11.1 Å². The molecule has 0 saturated carbocycles. The quantitative estimate of drug-likeness (QED) is 0.111. The second-order valence-corrected chi connectivity index (χ2v) is 31.4. The molecule has 0 spiro atoms. The molecule has 0 unspecified atom stereocenters. The van der Waals surface area contributed by atoms with Gasteiger partial charge in [-0.25, -0.2) is 0 Å². The maximum atomic E-state index is 12.9. The molecule has 0 aliphatic carbocycles. The van der Waals surface area contributed by atoms with Crippen molar-refractivity contribution in [1.82, 2.24) is 0 Å². The Bertz CT molecular complexity index is 926. The van der Waals surface area contributed by atoms with Gasteiger partial charge < -0.3 is 17.7 Å². The van der Waals surface area contributed by atoms with Crippen LogP contribution in [0.25, 0.3) is 0 Å². The highest BCUT2D eigenvalue weighted by Gasteiger charge is 2.30. The summed E-state index contributed by atoms with van der Waals surface area (Å²) in [6.45, 7) is 24.0. The summed E-state index contributed by atoms with van der Waals surface area (Å²) in [5, 5.41) is 0. The first-order valence-corrected chi connectivity index (χ1v) is 26.9. The van der Waals surface area contributed by atoms with Crippen LogP contribution in [0, 0.1) is 0 Å². The summed E-state index contributed by atoms with van der Waals surface area (Å²) in [4.78, 5) is 12.9. The standard InChI is InChI=1S/C29H50O5Si4/c1-35(2,3)33-37(7,8)23-11-21-31-27-17-13-25(14-18-27)29(30)26-15-19-28(20-16-26)32-22-12-24-38(9,10)34-36(4,5)6/h13-20H,11-12,21-24H2,1-10H3. The minimum Gasteiger partial charge on any atom is -0.494 e. The zero-order valence-electron chi connectivity index (χ0n) is 25.4. The Hall–Kier alpha value is -1.50. The molecule has 2 rings (SSSR count). The lowest BCUT2D eigenvalue weighted by molar-refractivity contribution is 0.103. The van der Waals surface area contributed by atoms with E-state index >= 15 is 0 Å². The first-order chi connectivity index (χ1) is 17.4. The predicted molar refractivity (Wildman–Crippen MR) is 170 cm³/mol. The Morgan fingerprint density at radius 2 is 0.868 bits per heavy atom. The Kier molecular flexibility index (Phi) is 11.8. The first kappa shape index (κ1) is 32.7. The van der Waals surface area contributed by atoms with Crippen molar-refractivity contribution in [2.45, 2.75) is 90.4 Å². The van der Waals surface area contributed by atoms with Gasteiger partial charge >= 0.3 is 0 Å². The van der Waals surface area contributed by atoms with Crippen LogP contribution in [0.2, 0.25) is 77.6 Å². The second-order valence-electron chi connectivity index (χ2n) is 13.2. The highest BCUT2D eigenvalue weighted by Crippen LogP contribution is 2.23. The molecule has 0 saturated heterocycles. The van der Waals surface area contributed by atoms with Crippen molar-refractivity contribution in [3.63, 3.8) is 0 Å². The molecule has 9 heteroatoms. The van der Waals surface area contributed by atoms with Crippen molar-refractivity contribution < 1.29 is 22.5 Å². The molecule has 0 heterocycles. The maximum absolute atomic E-state index is 12.9. The van der Waals surface area contributed by atoms with Crippen LogP contribution >= 0.6 is 0 Å². The number of rotatable bonds is 16. The van der Waals surface area contributed by atoms with E-state index in [0.717, 1.165) is 36.4 Å². The Morgan fingerprint density at radius 3 is 1.16 bits per heavy atom. The van der Waals surface area contributed by atoms with Gasteiger partial charge in [0.25, 0.3) is 0 Å². The summed E-state index contributed by atoms with van der Waals surface area (Å²) in [5.41, 5.74) is 1.30. The minimum absolute atomic E-state index is 0.00408. The van der Waals surface area contributed by atoms with E-state index in [1.807, 2.05) is 48.5 Å². The number of hydrogen-bond acceptors (Lipinski definition) is 5. The molecular weight excluding hydrogens is 541 g/mol. The fraction of sp³-hybridized carbons (Fsp3) is 0.552. The van der Waals surface area contributed by atoms with E-state index in [9.17, 15) is 4.79 Å². The molecular formula is C29H50O5Si4. The van der Waals surface area contributed by atoms with Crippen molar-refractivity contribution in [3.8, 4) is 11.5 Å². The molecule has 0 aliphatic heterocycles. The topological polar surface area (TPSA) is 54.0 Å². The van der Waals surface area contributed by atoms with Gasteiger partial charge in [-0.2, -0.15) is 0 Å².